The van der Waals surface area contributed by atoms with Gasteiger partial charge in [-0.15, -0.1) is 11.3 Å². The fraction of sp³-hybridized carbons (Fsp3) is 0. The van der Waals surface area contributed by atoms with E-state index in [0.29, 0.717) is 16.3 Å². The molecule has 0 fully saturated rings. The normalized spacial score (nSPS) is 10.3. The minimum absolute atomic E-state index is 0.00748. The van der Waals surface area contributed by atoms with Crippen molar-refractivity contribution in [1.29, 1.82) is 0 Å². The zero-order valence-electron chi connectivity index (χ0n) is 12.8. The van der Waals surface area contributed by atoms with E-state index < -0.39 is 17.5 Å². The molecule has 2 amide bonds. The van der Waals surface area contributed by atoms with Gasteiger partial charge in [0.25, 0.3) is 11.8 Å². The van der Waals surface area contributed by atoms with Crippen LogP contribution in [-0.2, 0) is 0 Å². The zero-order chi connectivity index (χ0) is 17.8. The molecule has 1 aromatic heterocycles. The largest absolute Gasteiger partial charge is 0.322 e. The summed E-state index contributed by atoms with van der Waals surface area (Å²) in [5.41, 5.74) is 0.909. The van der Waals surface area contributed by atoms with E-state index in [-0.39, 0.29) is 11.5 Å². The number of amides is 2. The van der Waals surface area contributed by atoms with Crippen molar-refractivity contribution in [3.63, 3.8) is 0 Å². The quantitative estimate of drug-likeness (QED) is 0.720. The molecule has 2 aromatic carbocycles. The number of rotatable bonds is 4. The molecule has 1 heterocycles. The maximum absolute atomic E-state index is 13.2. The smallest absolute Gasteiger partial charge is 0.265 e. The molecule has 126 valence electrons. The summed E-state index contributed by atoms with van der Waals surface area (Å²) >= 11 is 1.32. The summed E-state index contributed by atoms with van der Waals surface area (Å²) in [5.74, 6) is -2.95. The van der Waals surface area contributed by atoms with Crippen molar-refractivity contribution in [2.24, 2.45) is 0 Å². The number of anilines is 2. The number of hydrogen-bond acceptors (Lipinski definition) is 3. The fourth-order valence-corrected chi connectivity index (χ4v) is 2.73. The highest BCUT2D eigenvalue weighted by Gasteiger charge is 2.11. The first kappa shape index (κ1) is 16.8. The molecule has 0 aliphatic rings. The third-order valence-corrected chi connectivity index (χ3v) is 4.17. The van der Waals surface area contributed by atoms with Gasteiger partial charge in [0.2, 0.25) is 0 Å². The van der Waals surface area contributed by atoms with Crippen LogP contribution in [-0.4, -0.2) is 11.8 Å². The first-order valence-corrected chi connectivity index (χ1v) is 8.12. The van der Waals surface area contributed by atoms with Crippen molar-refractivity contribution < 1.29 is 18.4 Å². The molecule has 25 heavy (non-hydrogen) atoms. The molecule has 0 radical (unpaired) electrons. The predicted molar refractivity (Wildman–Crippen MR) is 93.0 cm³/mol. The summed E-state index contributed by atoms with van der Waals surface area (Å²) in [7, 11) is 0. The number of hydrogen-bond donors (Lipinski definition) is 2. The highest BCUT2D eigenvalue weighted by atomic mass is 32.1. The van der Waals surface area contributed by atoms with Gasteiger partial charge >= 0.3 is 0 Å². The van der Waals surface area contributed by atoms with Gasteiger partial charge in [-0.05, 0) is 47.8 Å². The van der Waals surface area contributed by atoms with Crippen LogP contribution in [0.2, 0.25) is 0 Å². The summed E-state index contributed by atoms with van der Waals surface area (Å²) < 4.78 is 26.2. The monoisotopic (exact) mass is 358 g/mol. The maximum Gasteiger partial charge on any atom is 0.265 e. The first-order valence-electron chi connectivity index (χ1n) is 7.24. The minimum Gasteiger partial charge on any atom is -0.322 e. The van der Waals surface area contributed by atoms with Gasteiger partial charge in [0.15, 0.2) is 11.6 Å². The van der Waals surface area contributed by atoms with E-state index in [2.05, 4.69) is 10.6 Å². The molecule has 0 aliphatic carbocycles. The van der Waals surface area contributed by atoms with Crippen LogP contribution in [0.15, 0.2) is 60.0 Å². The second-order valence-corrected chi connectivity index (χ2v) is 6.04. The molecule has 0 bridgehead atoms. The van der Waals surface area contributed by atoms with E-state index >= 15 is 0 Å². The standard InChI is InChI=1S/C18H12F2N2O2S/c19-14-7-6-11(9-15(14)20)17(23)21-12-3-1-4-13(10-12)22-18(24)16-5-2-8-25-16/h1-10H,(H,21,23)(H,22,24). The number of carbonyl (C=O) groups excluding carboxylic acids is 2. The van der Waals surface area contributed by atoms with Crippen molar-refractivity contribution in [3.05, 3.63) is 82.1 Å². The molecule has 0 aliphatic heterocycles. The van der Waals surface area contributed by atoms with E-state index in [0.717, 1.165) is 12.1 Å². The molecule has 0 spiro atoms. The van der Waals surface area contributed by atoms with Crippen LogP contribution >= 0.6 is 11.3 Å². The Balaban J connectivity index is 1.72. The van der Waals surface area contributed by atoms with Crippen molar-refractivity contribution >= 4 is 34.5 Å². The van der Waals surface area contributed by atoms with Crippen LogP contribution in [0.5, 0.6) is 0 Å². The minimum atomic E-state index is -1.09. The average molecular weight is 358 g/mol. The Morgan fingerprint density at radius 1 is 0.800 bits per heavy atom. The molecule has 7 heteroatoms. The van der Waals surface area contributed by atoms with Crippen molar-refractivity contribution in [1.82, 2.24) is 0 Å². The average Bonchev–Trinajstić information content (AvgIpc) is 3.12. The lowest BCUT2D eigenvalue weighted by Gasteiger charge is -2.08. The van der Waals surface area contributed by atoms with Crippen LogP contribution < -0.4 is 10.6 Å². The van der Waals surface area contributed by atoms with Crippen LogP contribution in [0.1, 0.15) is 20.0 Å². The van der Waals surface area contributed by atoms with Crippen molar-refractivity contribution in [2.75, 3.05) is 10.6 Å². The molecule has 3 aromatic rings. The third kappa shape index (κ3) is 4.07. The molecule has 0 saturated heterocycles. The van der Waals surface area contributed by atoms with Gasteiger partial charge in [-0.1, -0.05) is 12.1 Å². The van der Waals surface area contributed by atoms with Crippen molar-refractivity contribution in [2.45, 2.75) is 0 Å². The number of nitrogens with one attached hydrogen (secondary N) is 2. The van der Waals surface area contributed by atoms with Crippen LogP contribution in [0.3, 0.4) is 0 Å². The topological polar surface area (TPSA) is 58.2 Å². The van der Waals surface area contributed by atoms with E-state index in [1.807, 2.05) is 0 Å². The Morgan fingerprint density at radius 2 is 1.52 bits per heavy atom. The summed E-state index contributed by atoms with van der Waals surface area (Å²) in [6.07, 6.45) is 0. The van der Waals surface area contributed by atoms with E-state index in [1.165, 1.54) is 17.4 Å². The molecular weight excluding hydrogens is 346 g/mol. The Bertz CT molecular complexity index is 927. The van der Waals surface area contributed by atoms with Gasteiger partial charge in [0, 0.05) is 16.9 Å². The molecule has 4 nitrogen and oxygen atoms in total. The zero-order valence-corrected chi connectivity index (χ0v) is 13.6. The van der Waals surface area contributed by atoms with E-state index in [4.69, 9.17) is 0 Å². The van der Waals surface area contributed by atoms with Crippen LogP contribution in [0.4, 0.5) is 20.2 Å². The summed E-state index contributed by atoms with van der Waals surface area (Å²) in [6.45, 7) is 0. The van der Waals surface area contributed by atoms with Gasteiger partial charge < -0.3 is 10.6 Å². The molecule has 2 N–H and O–H groups in total. The summed E-state index contributed by atoms with van der Waals surface area (Å²) in [4.78, 5) is 24.7. The third-order valence-electron chi connectivity index (χ3n) is 3.31. The number of benzene rings is 2. The van der Waals surface area contributed by atoms with Crippen LogP contribution in [0.25, 0.3) is 0 Å². The van der Waals surface area contributed by atoms with Gasteiger partial charge in [0.1, 0.15) is 0 Å². The van der Waals surface area contributed by atoms with Gasteiger partial charge in [-0.25, -0.2) is 8.78 Å². The molecular formula is C18H12F2N2O2S. The van der Waals surface area contributed by atoms with Gasteiger partial charge in [0.05, 0.1) is 4.88 Å². The number of halogens is 2. The van der Waals surface area contributed by atoms with Gasteiger partial charge in [-0.3, -0.25) is 9.59 Å². The molecule has 0 atom stereocenters. The van der Waals surface area contributed by atoms with Crippen molar-refractivity contribution in [3.8, 4) is 0 Å². The lowest BCUT2D eigenvalue weighted by atomic mass is 10.2. The highest BCUT2D eigenvalue weighted by molar-refractivity contribution is 7.12. The second kappa shape index (κ2) is 7.23. The first-order chi connectivity index (χ1) is 12.0. The highest BCUT2D eigenvalue weighted by Crippen LogP contribution is 2.19. The molecule has 3 rings (SSSR count). The Hall–Kier alpha value is -3.06. The maximum atomic E-state index is 13.2. The molecule has 0 saturated carbocycles. The van der Waals surface area contributed by atoms with Gasteiger partial charge in [-0.2, -0.15) is 0 Å². The molecule has 0 unspecified atom stereocenters. The summed E-state index contributed by atoms with van der Waals surface area (Å²) in [5, 5.41) is 7.10. The van der Waals surface area contributed by atoms with E-state index in [1.54, 1.807) is 41.8 Å². The van der Waals surface area contributed by atoms with Crippen LogP contribution in [0, 0.1) is 11.6 Å². The number of carbonyl (C=O) groups is 2. The Kier molecular flexibility index (Phi) is 4.85. The second-order valence-electron chi connectivity index (χ2n) is 5.10. The predicted octanol–water partition coefficient (Wildman–Crippen LogP) is 4.53. The SMILES string of the molecule is O=C(Nc1cccc(NC(=O)c2cccs2)c1)c1ccc(F)c(F)c1. The summed E-state index contributed by atoms with van der Waals surface area (Å²) in [6, 6.07) is 12.9. The fourth-order valence-electron chi connectivity index (χ4n) is 2.12. The lowest BCUT2D eigenvalue weighted by molar-refractivity contribution is 0.102. The Morgan fingerprint density at radius 3 is 2.16 bits per heavy atom. The van der Waals surface area contributed by atoms with E-state index in [9.17, 15) is 18.4 Å². The Labute approximate surface area is 146 Å². The number of thiophene rings is 1. The lowest BCUT2D eigenvalue weighted by Crippen LogP contribution is -2.13.